The van der Waals surface area contributed by atoms with Crippen LogP contribution in [0.4, 0.5) is 0 Å². The summed E-state index contributed by atoms with van der Waals surface area (Å²) in [6.45, 7) is 0. The van der Waals surface area contributed by atoms with E-state index < -0.39 is 0 Å². The minimum atomic E-state index is -0.324. The molecule has 2 N–H and O–H groups in total. The van der Waals surface area contributed by atoms with Crippen LogP contribution < -0.4 is 5.73 Å². The van der Waals surface area contributed by atoms with Crippen molar-refractivity contribution in [3.05, 3.63) is 43.6 Å². The van der Waals surface area contributed by atoms with E-state index in [2.05, 4.69) is 42.2 Å². The van der Waals surface area contributed by atoms with Gasteiger partial charge in [-0.3, -0.25) is 0 Å². The molecule has 1 unspecified atom stereocenters. The van der Waals surface area contributed by atoms with Gasteiger partial charge in [-0.1, -0.05) is 22.9 Å². The molecule has 0 spiro atoms. The molecule has 1 atom stereocenters. The summed E-state index contributed by atoms with van der Waals surface area (Å²) in [6, 6.07) is 5.29. The first-order valence-corrected chi connectivity index (χ1v) is 6.72. The minimum Gasteiger partial charge on any atom is -0.319 e. The van der Waals surface area contributed by atoms with Crippen LogP contribution in [0.25, 0.3) is 0 Å². The van der Waals surface area contributed by atoms with Gasteiger partial charge >= 0.3 is 0 Å². The molecule has 0 aliphatic rings. The third kappa shape index (κ3) is 2.54. The molecule has 90 valence electrons. The van der Waals surface area contributed by atoms with Crippen LogP contribution in [0.1, 0.15) is 17.3 Å². The Morgan fingerprint density at radius 1 is 1.41 bits per heavy atom. The van der Waals surface area contributed by atoms with Crippen LogP contribution in [0, 0.1) is 0 Å². The number of hydrogen-bond acceptors (Lipinski definition) is 3. The van der Waals surface area contributed by atoms with E-state index in [1.807, 2.05) is 18.2 Å². The standard InChI is InChI=1S/C10H9Br2ClN4/c1-17-9(10(12)15-16-17)8(14)5-2-3-6(11)7(13)4-5/h2-4,8H,14H2,1H3. The quantitative estimate of drug-likeness (QED) is 0.871. The third-order valence-electron chi connectivity index (χ3n) is 2.42. The first-order chi connectivity index (χ1) is 8.00. The van der Waals surface area contributed by atoms with E-state index >= 15 is 0 Å². The molecular weight excluding hydrogens is 371 g/mol. The number of nitrogens with two attached hydrogens (primary N) is 1. The van der Waals surface area contributed by atoms with Gasteiger partial charge in [0.05, 0.1) is 16.8 Å². The van der Waals surface area contributed by atoms with Crippen molar-refractivity contribution in [3.63, 3.8) is 0 Å². The zero-order valence-corrected chi connectivity index (χ0v) is 12.8. The third-order valence-corrected chi connectivity index (χ3v) is 4.22. The molecule has 1 heterocycles. The van der Waals surface area contributed by atoms with Gasteiger partial charge in [0.2, 0.25) is 0 Å². The van der Waals surface area contributed by atoms with Gasteiger partial charge in [0.25, 0.3) is 0 Å². The lowest BCUT2D eigenvalue weighted by Gasteiger charge is -2.13. The van der Waals surface area contributed by atoms with E-state index in [1.54, 1.807) is 11.7 Å². The fraction of sp³-hybridized carbons (Fsp3) is 0.200. The van der Waals surface area contributed by atoms with Crippen LogP contribution >= 0.6 is 43.5 Å². The summed E-state index contributed by atoms with van der Waals surface area (Å²) < 4.78 is 3.13. The van der Waals surface area contributed by atoms with E-state index in [0.717, 1.165) is 15.7 Å². The molecule has 0 aliphatic heterocycles. The zero-order valence-electron chi connectivity index (χ0n) is 8.86. The second-order valence-electron chi connectivity index (χ2n) is 3.54. The maximum absolute atomic E-state index is 6.18. The fourth-order valence-corrected chi connectivity index (χ4v) is 2.54. The van der Waals surface area contributed by atoms with Gasteiger partial charge in [-0.2, -0.15) is 0 Å². The van der Waals surface area contributed by atoms with Crippen molar-refractivity contribution in [3.8, 4) is 0 Å². The van der Waals surface area contributed by atoms with Gasteiger partial charge in [0, 0.05) is 11.5 Å². The molecule has 0 fully saturated rings. The van der Waals surface area contributed by atoms with Crippen LogP contribution in [0.2, 0.25) is 5.02 Å². The Bertz CT molecular complexity index is 536. The summed E-state index contributed by atoms with van der Waals surface area (Å²) in [5, 5.41) is 8.44. The molecule has 17 heavy (non-hydrogen) atoms. The van der Waals surface area contributed by atoms with Crippen molar-refractivity contribution in [2.24, 2.45) is 12.8 Å². The van der Waals surface area contributed by atoms with E-state index in [-0.39, 0.29) is 6.04 Å². The predicted molar refractivity (Wildman–Crippen MR) is 73.9 cm³/mol. The highest BCUT2D eigenvalue weighted by Gasteiger charge is 2.18. The summed E-state index contributed by atoms with van der Waals surface area (Å²) in [5.41, 5.74) is 7.89. The average molecular weight is 380 g/mol. The van der Waals surface area contributed by atoms with Gasteiger partial charge in [0.1, 0.15) is 0 Å². The number of halogens is 3. The Labute approximate surface area is 120 Å². The summed E-state index contributed by atoms with van der Waals surface area (Å²) in [5.74, 6) is 0. The van der Waals surface area contributed by atoms with Crippen molar-refractivity contribution in [2.75, 3.05) is 0 Å². The molecular formula is C10H9Br2ClN4. The Morgan fingerprint density at radius 3 is 2.65 bits per heavy atom. The number of hydrogen-bond donors (Lipinski definition) is 1. The van der Waals surface area contributed by atoms with E-state index in [0.29, 0.717) is 9.63 Å². The second-order valence-corrected chi connectivity index (χ2v) is 5.55. The molecule has 0 saturated carbocycles. The number of aryl methyl sites for hydroxylation is 1. The largest absolute Gasteiger partial charge is 0.319 e. The smallest absolute Gasteiger partial charge is 0.153 e. The second kappa shape index (κ2) is 5.06. The fourth-order valence-electron chi connectivity index (χ4n) is 1.53. The topological polar surface area (TPSA) is 56.7 Å². The lowest BCUT2D eigenvalue weighted by molar-refractivity contribution is 0.651. The van der Waals surface area contributed by atoms with Gasteiger partial charge in [-0.25, -0.2) is 4.68 Å². The van der Waals surface area contributed by atoms with Gasteiger partial charge in [-0.15, -0.1) is 5.10 Å². The Morgan fingerprint density at radius 2 is 2.12 bits per heavy atom. The SMILES string of the molecule is Cn1nnc(Br)c1C(N)c1ccc(Br)c(Cl)c1. The van der Waals surface area contributed by atoms with Crippen molar-refractivity contribution >= 4 is 43.5 Å². The molecule has 1 aromatic heterocycles. The average Bonchev–Trinajstić information content (AvgIpc) is 2.62. The van der Waals surface area contributed by atoms with Crippen molar-refractivity contribution in [1.29, 1.82) is 0 Å². The molecule has 2 aromatic rings. The molecule has 0 bridgehead atoms. The zero-order chi connectivity index (χ0) is 12.6. The number of benzene rings is 1. The van der Waals surface area contributed by atoms with Gasteiger partial charge in [0.15, 0.2) is 4.60 Å². The number of rotatable bonds is 2. The van der Waals surface area contributed by atoms with Crippen LogP contribution in [0.3, 0.4) is 0 Å². The van der Waals surface area contributed by atoms with Crippen LogP contribution in [0.15, 0.2) is 27.3 Å². The first-order valence-electron chi connectivity index (χ1n) is 4.76. The normalized spacial score (nSPS) is 12.8. The maximum atomic E-state index is 6.18. The molecule has 2 rings (SSSR count). The highest BCUT2D eigenvalue weighted by atomic mass is 79.9. The molecule has 0 aliphatic carbocycles. The number of aromatic nitrogens is 3. The molecule has 0 saturated heterocycles. The minimum absolute atomic E-state index is 0.324. The van der Waals surface area contributed by atoms with Crippen molar-refractivity contribution in [2.45, 2.75) is 6.04 Å². The van der Waals surface area contributed by atoms with E-state index in [4.69, 9.17) is 17.3 Å². The van der Waals surface area contributed by atoms with Crippen LogP contribution in [0.5, 0.6) is 0 Å². The summed E-state index contributed by atoms with van der Waals surface area (Å²) in [7, 11) is 1.80. The molecule has 7 heteroatoms. The number of nitrogens with zero attached hydrogens (tertiary/aromatic N) is 3. The lowest BCUT2D eigenvalue weighted by atomic mass is 10.1. The summed E-state index contributed by atoms with van der Waals surface area (Å²) in [4.78, 5) is 0. The van der Waals surface area contributed by atoms with Crippen LogP contribution in [-0.4, -0.2) is 15.0 Å². The molecule has 0 amide bonds. The highest BCUT2D eigenvalue weighted by Crippen LogP contribution is 2.29. The van der Waals surface area contributed by atoms with Gasteiger partial charge < -0.3 is 5.73 Å². The van der Waals surface area contributed by atoms with Gasteiger partial charge in [-0.05, 0) is 49.6 Å². The van der Waals surface area contributed by atoms with Crippen LogP contribution in [-0.2, 0) is 7.05 Å². The maximum Gasteiger partial charge on any atom is 0.153 e. The monoisotopic (exact) mass is 378 g/mol. The molecule has 4 nitrogen and oxygen atoms in total. The van der Waals surface area contributed by atoms with E-state index in [9.17, 15) is 0 Å². The Kier molecular flexibility index (Phi) is 3.87. The Hall–Kier alpha value is -0.430. The molecule has 1 aromatic carbocycles. The van der Waals surface area contributed by atoms with Crippen molar-refractivity contribution < 1.29 is 0 Å². The van der Waals surface area contributed by atoms with E-state index in [1.165, 1.54) is 0 Å². The Balaban J connectivity index is 2.43. The first kappa shape index (κ1) is 13.0. The highest BCUT2D eigenvalue weighted by molar-refractivity contribution is 9.10. The summed E-state index contributed by atoms with van der Waals surface area (Å²) in [6.07, 6.45) is 0. The molecule has 0 radical (unpaired) electrons. The lowest BCUT2D eigenvalue weighted by Crippen LogP contribution is -2.16. The van der Waals surface area contributed by atoms with Crippen molar-refractivity contribution in [1.82, 2.24) is 15.0 Å². The predicted octanol–water partition coefficient (Wildman–Crippen LogP) is 3.04. The summed E-state index contributed by atoms with van der Waals surface area (Å²) >= 11 is 12.7.